The van der Waals surface area contributed by atoms with Gasteiger partial charge in [-0.3, -0.25) is 0 Å². The first-order chi connectivity index (χ1) is 14.4. The Balaban J connectivity index is 1.44. The van der Waals surface area contributed by atoms with Crippen LogP contribution >= 0.6 is 11.6 Å². The highest BCUT2D eigenvalue weighted by atomic mass is 35.5. The maximum Gasteiger partial charge on any atom is 0.211 e. The highest BCUT2D eigenvalue weighted by Crippen LogP contribution is 2.31. The Hall–Kier alpha value is -2.16. The molecule has 0 bridgehead atoms. The van der Waals surface area contributed by atoms with Gasteiger partial charge in [0.05, 0.1) is 5.75 Å². The Labute approximate surface area is 181 Å². The summed E-state index contributed by atoms with van der Waals surface area (Å²) in [6.07, 6.45) is 7.68. The minimum absolute atomic E-state index is 0.0150. The molecule has 9 heteroatoms. The smallest absolute Gasteiger partial charge is 0.211 e. The van der Waals surface area contributed by atoms with Gasteiger partial charge in [0.15, 0.2) is 0 Å². The highest BCUT2D eigenvalue weighted by molar-refractivity contribution is 7.89. The van der Waals surface area contributed by atoms with Crippen molar-refractivity contribution in [3.63, 3.8) is 0 Å². The summed E-state index contributed by atoms with van der Waals surface area (Å²) in [5, 5.41) is 4.94. The van der Waals surface area contributed by atoms with Crippen molar-refractivity contribution in [2.45, 2.75) is 51.1 Å². The number of fused-ring (bicyclic) bond motifs is 1. The van der Waals surface area contributed by atoms with Crippen molar-refractivity contribution in [1.82, 2.24) is 19.7 Å². The van der Waals surface area contributed by atoms with Gasteiger partial charge < -0.3 is 10.3 Å². The van der Waals surface area contributed by atoms with Crippen LogP contribution in [0.1, 0.15) is 39.0 Å². The second-order valence-corrected chi connectivity index (χ2v) is 10.1. The molecule has 0 aliphatic heterocycles. The number of hydrogen-bond donors (Lipinski definition) is 3. The SMILES string of the molecule is CCCS(=O)(=O)NC1CCC(Nc2cc(-c3c[nH]c4ncccc34)cc(Cl)n2)CC1. The van der Waals surface area contributed by atoms with Crippen LogP contribution in [0.2, 0.25) is 5.15 Å². The van der Waals surface area contributed by atoms with Gasteiger partial charge in [-0.25, -0.2) is 23.1 Å². The van der Waals surface area contributed by atoms with Crippen molar-refractivity contribution in [3.8, 4) is 11.1 Å². The van der Waals surface area contributed by atoms with Crippen LogP contribution in [0, 0.1) is 0 Å². The van der Waals surface area contributed by atoms with E-state index in [1.165, 1.54) is 0 Å². The molecule has 4 rings (SSSR count). The lowest BCUT2D eigenvalue weighted by molar-refractivity contribution is 0.387. The van der Waals surface area contributed by atoms with Gasteiger partial charge >= 0.3 is 0 Å². The Morgan fingerprint density at radius 2 is 1.97 bits per heavy atom. The predicted molar refractivity (Wildman–Crippen MR) is 121 cm³/mol. The lowest BCUT2D eigenvalue weighted by atomic mass is 9.92. The van der Waals surface area contributed by atoms with Crippen LogP contribution in [0.25, 0.3) is 22.2 Å². The number of nitrogens with one attached hydrogen (secondary N) is 3. The van der Waals surface area contributed by atoms with E-state index in [2.05, 4.69) is 25.0 Å². The maximum absolute atomic E-state index is 12.0. The van der Waals surface area contributed by atoms with Gasteiger partial charge in [-0.2, -0.15) is 0 Å². The van der Waals surface area contributed by atoms with E-state index in [4.69, 9.17) is 11.6 Å². The summed E-state index contributed by atoms with van der Waals surface area (Å²) in [5.74, 6) is 0.912. The molecule has 3 N–H and O–H groups in total. The monoisotopic (exact) mass is 447 g/mol. The maximum atomic E-state index is 12.0. The highest BCUT2D eigenvalue weighted by Gasteiger charge is 2.25. The molecule has 0 radical (unpaired) electrons. The Kier molecular flexibility index (Phi) is 6.26. The number of aromatic amines is 1. The van der Waals surface area contributed by atoms with Gasteiger partial charge in [-0.1, -0.05) is 18.5 Å². The number of sulfonamides is 1. The number of halogens is 1. The first-order valence-corrected chi connectivity index (χ1v) is 12.3. The zero-order valence-corrected chi connectivity index (χ0v) is 18.4. The summed E-state index contributed by atoms with van der Waals surface area (Å²) >= 11 is 6.31. The van der Waals surface area contributed by atoms with Crippen molar-refractivity contribution in [2.24, 2.45) is 0 Å². The average Bonchev–Trinajstić information content (AvgIpc) is 3.13. The zero-order chi connectivity index (χ0) is 21.1. The largest absolute Gasteiger partial charge is 0.367 e. The van der Waals surface area contributed by atoms with Gasteiger partial charge in [0.2, 0.25) is 10.0 Å². The Bertz CT molecular complexity index is 1120. The molecule has 1 aliphatic carbocycles. The van der Waals surface area contributed by atoms with Crippen molar-refractivity contribution in [3.05, 3.63) is 41.8 Å². The molecule has 3 heterocycles. The van der Waals surface area contributed by atoms with Crippen LogP contribution in [-0.2, 0) is 10.0 Å². The van der Waals surface area contributed by atoms with E-state index in [0.717, 1.165) is 53.7 Å². The zero-order valence-electron chi connectivity index (χ0n) is 16.9. The second-order valence-electron chi connectivity index (χ2n) is 7.80. The topological polar surface area (TPSA) is 99.8 Å². The molecule has 3 aromatic heterocycles. The molecule has 0 aromatic carbocycles. The molecule has 3 aromatic rings. The number of H-pyrrole nitrogens is 1. The molecular weight excluding hydrogens is 422 g/mol. The minimum Gasteiger partial charge on any atom is -0.367 e. The number of hydrogen-bond acceptors (Lipinski definition) is 5. The number of rotatable bonds is 7. The molecule has 0 saturated heterocycles. The molecule has 7 nitrogen and oxygen atoms in total. The fraction of sp³-hybridized carbons (Fsp3) is 0.429. The second kappa shape index (κ2) is 8.91. The Morgan fingerprint density at radius 1 is 1.20 bits per heavy atom. The quantitative estimate of drug-likeness (QED) is 0.468. The fourth-order valence-electron chi connectivity index (χ4n) is 4.07. The first kappa shape index (κ1) is 21.1. The van der Waals surface area contributed by atoms with Crippen LogP contribution in [-0.4, -0.2) is 41.2 Å². The molecule has 1 aliphatic rings. The third kappa shape index (κ3) is 4.94. The van der Waals surface area contributed by atoms with E-state index in [-0.39, 0.29) is 17.8 Å². The van der Waals surface area contributed by atoms with Crippen LogP contribution < -0.4 is 10.0 Å². The van der Waals surface area contributed by atoms with Crippen LogP contribution in [0.5, 0.6) is 0 Å². The summed E-state index contributed by atoms with van der Waals surface area (Å²) < 4.78 is 26.8. The van der Waals surface area contributed by atoms with Crippen molar-refractivity contribution >= 4 is 38.5 Å². The number of nitrogens with zero attached hydrogens (tertiary/aromatic N) is 2. The van der Waals surface area contributed by atoms with Crippen LogP contribution in [0.15, 0.2) is 36.7 Å². The molecule has 30 heavy (non-hydrogen) atoms. The third-order valence-electron chi connectivity index (χ3n) is 5.45. The van der Waals surface area contributed by atoms with E-state index < -0.39 is 10.0 Å². The van der Waals surface area contributed by atoms with Gasteiger partial charge in [0.1, 0.15) is 16.6 Å². The molecule has 0 spiro atoms. The number of anilines is 1. The van der Waals surface area contributed by atoms with Crippen molar-refractivity contribution in [1.29, 1.82) is 0 Å². The van der Waals surface area contributed by atoms with Gasteiger partial charge in [0, 0.05) is 35.4 Å². The van der Waals surface area contributed by atoms with E-state index in [9.17, 15) is 8.42 Å². The molecule has 1 fully saturated rings. The molecule has 160 valence electrons. The Morgan fingerprint density at radius 3 is 2.73 bits per heavy atom. The summed E-state index contributed by atoms with van der Waals surface area (Å²) in [7, 11) is -3.17. The van der Waals surface area contributed by atoms with Gasteiger partial charge in [-0.15, -0.1) is 0 Å². The number of pyridine rings is 2. The van der Waals surface area contributed by atoms with Crippen LogP contribution in [0.4, 0.5) is 5.82 Å². The third-order valence-corrected chi connectivity index (χ3v) is 7.29. The normalized spacial score (nSPS) is 19.8. The molecule has 0 unspecified atom stereocenters. The van der Waals surface area contributed by atoms with E-state index in [0.29, 0.717) is 11.6 Å². The fourth-order valence-corrected chi connectivity index (χ4v) is 5.67. The molecule has 0 amide bonds. The summed E-state index contributed by atoms with van der Waals surface area (Å²) in [4.78, 5) is 12.0. The average molecular weight is 448 g/mol. The molecular formula is C21H26ClN5O2S. The standard InChI is InChI=1S/C21H26ClN5O2S/c1-2-10-30(28,29)27-16-7-5-15(6-8-16)25-20-12-14(11-19(22)26-20)18-13-24-21-17(18)4-3-9-23-21/h3-4,9,11-13,15-16,27H,2,5-8,10H2,1H3,(H,23,24)(H,25,26). The summed E-state index contributed by atoms with van der Waals surface area (Å²) in [6, 6.07) is 8.03. The lowest BCUT2D eigenvalue weighted by Gasteiger charge is -2.30. The van der Waals surface area contributed by atoms with Gasteiger partial charge in [0.25, 0.3) is 0 Å². The summed E-state index contributed by atoms with van der Waals surface area (Å²) in [5.41, 5.74) is 2.83. The van der Waals surface area contributed by atoms with E-state index >= 15 is 0 Å². The molecule has 0 atom stereocenters. The number of aromatic nitrogens is 3. The van der Waals surface area contributed by atoms with Crippen molar-refractivity contribution in [2.75, 3.05) is 11.1 Å². The molecule has 1 saturated carbocycles. The minimum atomic E-state index is -3.17. The predicted octanol–water partition coefficient (Wildman–Crippen LogP) is 4.33. The van der Waals surface area contributed by atoms with Crippen molar-refractivity contribution < 1.29 is 8.42 Å². The van der Waals surface area contributed by atoms with Crippen LogP contribution in [0.3, 0.4) is 0 Å². The first-order valence-electron chi connectivity index (χ1n) is 10.3. The van der Waals surface area contributed by atoms with E-state index in [1.54, 1.807) is 6.20 Å². The van der Waals surface area contributed by atoms with Gasteiger partial charge in [-0.05, 0) is 61.9 Å². The van der Waals surface area contributed by atoms with E-state index in [1.807, 2.05) is 37.4 Å². The summed E-state index contributed by atoms with van der Waals surface area (Å²) in [6.45, 7) is 1.87. The lowest BCUT2D eigenvalue weighted by Crippen LogP contribution is -2.41.